The van der Waals surface area contributed by atoms with E-state index in [-0.39, 0.29) is 44.0 Å². The topological polar surface area (TPSA) is 441 Å². The lowest BCUT2D eigenvalue weighted by Gasteiger charge is -2.20. The van der Waals surface area contributed by atoms with E-state index < -0.39 is 114 Å². The fourth-order valence-corrected chi connectivity index (χ4v) is 10.3. The third-order valence-electron chi connectivity index (χ3n) is 9.38. The van der Waals surface area contributed by atoms with Gasteiger partial charge in [0.1, 0.15) is 11.0 Å². The Morgan fingerprint density at radius 3 is 1.00 bits per heavy atom. The molecule has 6 aromatic carbocycles. The highest BCUT2D eigenvalue weighted by Crippen LogP contribution is 2.36. The van der Waals surface area contributed by atoms with Gasteiger partial charge in [0.2, 0.25) is 0 Å². The maximum atomic E-state index is 12.5. The standard InChI is InChI=1S/C34H16N6O18S6/c41-59(42,43)23-7-9-25-19(11-23)13-29(63(53,54)55)33-31(25)35-39(37-33)21-5-3-17(27(15-21)61(47,48)49)1-2-18-4-6-22(16-28(18)62(50,51)52)40-36-32-26-10-8-24(60(44,45)46)12-20(26)14-30(34(32)38-40)64(56,57)58/h1-16H/q-6/b2-1+. The predicted molar refractivity (Wildman–Crippen MR) is 209 cm³/mol. The van der Waals surface area contributed by atoms with Gasteiger partial charge in [-0.05, 0) is 71.5 Å². The van der Waals surface area contributed by atoms with Crippen molar-refractivity contribution < 1.29 is 79.9 Å². The van der Waals surface area contributed by atoms with Gasteiger partial charge in [0, 0.05) is 121 Å². The van der Waals surface area contributed by atoms with Gasteiger partial charge in [0.25, 0.3) is 0 Å². The quantitative estimate of drug-likeness (QED) is 0.140. The van der Waals surface area contributed by atoms with E-state index in [1.165, 1.54) is 0 Å². The van der Waals surface area contributed by atoms with Crippen LogP contribution in [-0.4, -0.2) is 84.6 Å². The molecule has 0 unspecified atom stereocenters. The molecule has 0 aliphatic heterocycles. The van der Waals surface area contributed by atoms with Gasteiger partial charge in [-0.3, -0.25) is 0 Å². The molecule has 0 amide bonds. The summed E-state index contributed by atoms with van der Waals surface area (Å²) in [6, 6.07) is 12.8. The SMILES string of the molecule is O=[S+]([O-])([O-])c1ccc2c(c1)cc([S+](=O)([O-])[O-])c1nn(-c3ccc(/C=C/c4ccc(-n5nc6c([S+](=O)([O-])[O-])cc7cc([S+](=O)([O-])[O-])ccc7c6n5)cc4[S+](=O)([O-])[O-])c([S+](=O)([O-])[O-])c3)nc12. The van der Waals surface area contributed by atoms with Crippen molar-refractivity contribution in [2.45, 2.75) is 29.4 Å². The summed E-state index contributed by atoms with van der Waals surface area (Å²) in [5, 5.41) is 15.8. The molecular formula is C34H16N6O18S6-6. The summed E-state index contributed by atoms with van der Waals surface area (Å²) in [5.74, 6) is 0. The molecule has 0 aliphatic carbocycles. The Labute approximate surface area is 363 Å². The van der Waals surface area contributed by atoms with E-state index in [4.69, 9.17) is 0 Å². The van der Waals surface area contributed by atoms with Crippen LogP contribution < -0.4 is 0 Å². The van der Waals surface area contributed by atoms with Crippen LogP contribution in [0.25, 0.3) is 67.1 Å². The molecule has 8 aromatic rings. The highest BCUT2D eigenvalue weighted by molar-refractivity contribution is 7.93. The Balaban J connectivity index is 1.21. The molecule has 0 atom stereocenters. The van der Waals surface area contributed by atoms with E-state index in [2.05, 4.69) is 20.4 Å². The molecule has 0 N–H and O–H groups in total. The molecule has 0 saturated heterocycles. The lowest BCUT2D eigenvalue weighted by molar-refractivity contribution is 0.367. The van der Waals surface area contributed by atoms with Crippen LogP contribution in [0.15, 0.2) is 114 Å². The Bertz CT molecular complexity index is 3410. The average Bonchev–Trinajstić information content (AvgIpc) is 3.83. The second kappa shape index (κ2) is 15.2. The van der Waals surface area contributed by atoms with E-state index in [1.54, 1.807) is 0 Å². The van der Waals surface area contributed by atoms with Crippen molar-refractivity contribution in [1.82, 2.24) is 30.0 Å². The minimum Gasteiger partial charge on any atom is -0.612 e. The van der Waals surface area contributed by atoms with Crippen molar-refractivity contribution >= 4 is 119 Å². The second-order valence-electron chi connectivity index (χ2n) is 13.4. The predicted octanol–water partition coefficient (Wildman–Crippen LogP) is 2.35. The van der Waals surface area contributed by atoms with Gasteiger partial charge < -0.3 is 54.6 Å². The zero-order valence-electron chi connectivity index (χ0n) is 30.7. The van der Waals surface area contributed by atoms with Crippen LogP contribution in [0.1, 0.15) is 11.1 Å². The Hall–Kier alpha value is -5.20. The first-order valence-corrected chi connectivity index (χ1v) is 25.3. The van der Waals surface area contributed by atoms with Crippen molar-refractivity contribution in [2.75, 3.05) is 0 Å². The van der Waals surface area contributed by atoms with E-state index in [1.807, 2.05) is 0 Å². The Morgan fingerprint density at radius 1 is 0.359 bits per heavy atom. The first kappa shape index (κ1) is 45.4. The molecule has 2 aromatic heterocycles. The number of rotatable bonds is 10. The highest BCUT2D eigenvalue weighted by Gasteiger charge is 2.26. The number of fused-ring (bicyclic) bond motifs is 6. The summed E-state index contributed by atoms with van der Waals surface area (Å²) in [6.45, 7) is 0. The van der Waals surface area contributed by atoms with E-state index >= 15 is 0 Å². The lowest BCUT2D eigenvalue weighted by Crippen LogP contribution is -2.12. The summed E-state index contributed by atoms with van der Waals surface area (Å²) in [5.41, 5.74) is -3.18. The van der Waals surface area contributed by atoms with Crippen LogP contribution in [0.3, 0.4) is 0 Å². The lowest BCUT2D eigenvalue weighted by atomic mass is 10.1. The summed E-state index contributed by atoms with van der Waals surface area (Å²) >= 11 is 0. The van der Waals surface area contributed by atoms with Crippen LogP contribution >= 0.6 is 0 Å². The largest absolute Gasteiger partial charge is 0.612 e. The third kappa shape index (κ3) is 8.55. The Morgan fingerprint density at radius 2 is 0.688 bits per heavy atom. The van der Waals surface area contributed by atoms with E-state index in [9.17, 15) is 79.9 Å². The van der Waals surface area contributed by atoms with E-state index in [0.717, 1.165) is 97.1 Å². The molecule has 0 bridgehead atoms. The fraction of sp³-hybridized carbons (Fsp3) is 0. The maximum Gasteiger partial charge on any atom is 0.183 e. The monoisotopic (exact) mass is 988 g/mol. The molecule has 0 spiro atoms. The maximum absolute atomic E-state index is 12.5. The summed E-state index contributed by atoms with van der Waals surface area (Å²) in [6.07, 6.45) is 1.85. The van der Waals surface area contributed by atoms with Gasteiger partial charge in [-0.15, -0.1) is 45.6 Å². The number of aromatic nitrogens is 6. The van der Waals surface area contributed by atoms with Crippen LogP contribution in [0.5, 0.6) is 0 Å². The number of hydrogen-bond donors (Lipinski definition) is 0. The number of benzene rings is 6. The van der Waals surface area contributed by atoms with E-state index in [0.29, 0.717) is 9.59 Å². The van der Waals surface area contributed by atoms with Gasteiger partial charge >= 0.3 is 0 Å². The summed E-state index contributed by atoms with van der Waals surface area (Å²) < 4.78 is 218. The molecule has 24 nitrogen and oxygen atoms in total. The number of nitrogens with zero attached hydrogens (tertiary/aromatic N) is 6. The van der Waals surface area contributed by atoms with Gasteiger partial charge in [0.15, 0.2) is 40.4 Å². The molecule has 2 heterocycles. The molecule has 64 heavy (non-hydrogen) atoms. The van der Waals surface area contributed by atoms with Gasteiger partial charge in [-0.1, -0.05) is 0 Å². The summed E-state index contributed by atoms with van der Waals surface area (Å²) in [7, 11) is -31.6. The first-order valence-electron chi connectivity index (χ1n) is 16.9. The van der Waals surface area contributed by atoms with Crippen molar-refractivity contribution in [1.29, 1.82) is 0 Å². The van der Waals surface area contributed by atoms with Gasteiger partial charge in [0.05, 0.1) is 11.4 Å². The summed E-state index contributed by atoms with van der Waals surface area (Å²) in [4.78, 5) is -4.18. The van der Waals surface area contributed by atoms with Crippen molar-refractivity contribution in [3.8, 4) is 11.4 Å². The third-order valence-corrected chi connectivity index (χ3v) is 14.5. The number of hydrogen-bond acceptors (Lipinski definition) is 22. The average molecular weight is 989 g/mol. The molecular weight excluding hydrogens is 973 g/mol. The molecule has 332 valence electrons. The molecule has 30 heteroatoms. The van der Waals surface area contributed by atoms with Crippen LogP contribution in [0, 0.1) is 0 Å². The molecule has 0 fully saturated rings. The smallest absolute Gasteiger partial charge is 0.183 e. The van der Waals surface area contributed by atoms with Gasteiger partial charge in [-0.25, -0.2) is 0 Å². The van der Waals surface area contributed by atoms with Crippen molar-refractivity contribution in [3.05, 3.63) is 96.1 Å². The minimum absolute atomic E-state index is 0.00695. The fourth-order valence-electron chi connectivity index (χ4n) is 6.58. The molecule has 8 rings (SSSR count). The van der Waals surface area contributed by atoms with Crippen molar-refractivity contribution in [3.63, 3.8) is 0 Å². The highest BCUT2D eigenvalue weighted by atomic mass is 32.3. The normalized spacial score (nSPS) is 13.6. The Kier molecular flexibility index (Phi) is 10.8. The zero-order valence-corrected chi connectivity index (χ0v) is 35.6. The first-order chi connectivity index (χ1) is 29.5. The van der Waals surface area contributed by atoms with Gasteiger partial charge in [-0.2, -0.15) is 9.59 Å². The van der Waals surface area contributed by atoms with Crippen LogP contribution in [0.4, 0.5) is 0 Å². The molecule has 0 saturated carbocycles. The molecule has 0 radical (unpaired) electrons. The second-order valence-corrected chi connectivity index (χ2v) is 21.5. The zero-order chi connectivity index (χ0) is 46.7. The molecule has 0 aliphatic rings. The van der Waals surface area contributed by atoms with Crippen LogP contribution in [-0.2, 0) is 88.2 Å². The minimum atomic E-state index is -5.43. The van der Waals surface area contributed by atoms with Crippen molar-refractivity contribution in [2.24, 2.45) is 0 Å². The van der Waals surface area contributed by atoms with Crippen LogP contribution in [0.2, 0.25) is 0 Å².